The molecule has 0 aliphatic rings. The lowest BCUT2D eigenvalue weighted by Crippen LogP contribution is -2.54. The van der Waals surface area contributed by atoms with E-state index in [-0.39, 0.29) is 9.75 Å². The molecule has 0 aromatic carbocycles. The molecule has 6 nitrogen and oxygen atoms in total. The highest BCUT2D eigenvalue weighted by atomic mass is 34.0. The van der Waals surface area contributed by atoms with E-state index in [0.29, 0.717) is 26.4 Å². The summed E-state index contributed by atoms with van der Waals surface area (Å²) in [5.74, 6) is 0. The van der Waals surface area contributed by atoms with Crippen LogP contribution in [0.15, 0.2) is 0 Å². The first-order valence-electron chi connectivity index (χ1n) is 11.5. The van der Waals surface area contributed by atoms with Gasteiger partial charge in [-0.3, -0.25) is 0 Å². The third-order valence-corrected chi connectivity index (χ3v) is 29.5. The maximum atomic E-state index is 6.14. The summed E-state index contributed by atoms with van der Waals surface area (Å²) in [6.45, 7) is 15.1. The monoisotopic (exact) mass is 666 g/mol. The Morgan fingerprint density at radius 2 is 0.882 bits per heavy atom. The predicted octanol–water partition coefficient (Wildman–Crippen LogP) is 8.99. The lowest BCUT2D eigenvalue weighted by Gasteiger charge is -2.33. The van der Waals surface area contributed by atoms with Gasteiger partial charge in [-0.05, 0) is 98.5 Å². The molecule has 0 bridgehead atoms. The first-order chi connectivity index (χ1) is 16.5. The molecule has 4 unspecified atom stereocenters. The van der Waals surface area contributed by atoms with Crippen molar-refractivity contribution in [2.75, 3.05) is 40.6 Å². The quantitative estimate of drug-likeness (QED) is 0.0529. The molecule has 16 heteroatoms. The average Bonchev–Trinajstić information content (AvgIpc) is 2.86. The Bertz CT molecular complexity index is 442. The van der Waals surface area contributed by atoms with Gasteiger partial charge >= 0.3 is 17.6 Å². The minimum absolute atomic E-state index is 0.212. The second-order valence-corrected chi connectivity index (χ2v) is 26.5. The van der Waals surface area contributed by atoms with Crippen LogP contribution in [0.25, 0.3) is 0 Å². The molecular formula is C18H42O6S8Si2. The Labute approximate surface area is 240 Å². The summed E-state index contributed by atoms with van der Waals surface area (Å²) in [6, 6.07) is 0. The molecule has 0 fully saturated rings. The van der Waals surface area contributed by atoms with Crippen molar-refractivity contribution in [1.29, 1.82) is 0 Å². The molecule has 0 aliphatic heterocycles. The predicted molar refractivity (Wildman–Crippen MR) is 170 cm³/mol. The van der Waals surface area contributed by atoms with Gasteiger partial charge in [0.15, 0.2) is 0 Å². The summed E-state index contributed by atoms with van der Waals surface area (Å²) in [5, 5.41) is 0. The van der Waals surface area contributed by atoms with E-state index in [0.717, 1.165) is 25.7 Å². The molecular weight excluding hydrogens is 625 g/mol. The fraction of sp³-hybridized carbons (Fsp3) is 1.00. The standard InChI is InChI=1S/C18H42O6S8Si2/c1-9-15-23-33(19-7,21-13-5)17(11-3)25-27-29-31-32-30-28-26-18(12-4)34(20-8,22-14-6)24-16-10-2/h17-18H,9-16H2,1-8H3. The van der Waals surface area contributed by atoms with E-state index >= 15 is 0 Å². The van der Waals surface area contributed by atoms with Crippen molar-refractivity contribution in [3.8, 4) is 0 Å². The van der Waals surface area contributed by atoms with Crippen molar-refractivity contribution < 1.29 is 26.6 Å². The molecule has 0 spiro atoms. The Kier molecular flexibility index (Phi) is 25.9. The highest BCUT2D eigenvalue weighted by Gasteiger charge is 2.49. The van der Waals surface area contributed by atoms with Crippen molar-refractivity contribution >= 4 is 98.2 Å². The summed E-state index contributed by atoms with van der Waals surface area (Å²) in [5.41, 5.74) is 0. The molecule has 0 heterocycles. The van der Waals surface area contributed by atoms with Gasteiger partial charge in [-0.25, -0.2) is 0 Å². The van der Waals surface area contributed by atoms with Crippen LogP contribution < -0.4 is 0 Å². The topological polar surface area (TPSA) is 55.4 Å². The van der Waals surface area contributed by atoms with Gasteiger partial charge in [0.2, 0.25) is 0 Å². The van der Waals surface area contributed by atoms with Gasteiger partial charge in [0.25, 0.3) is 0 Å². The number of hydrogen-bond donors (Lipinski definition) is 0. The van der Waals surface area contributed by atoms with Crippen LogP contribution in [0.1, 0.15) is 67.2 Å². The fourth-order valence-corrected chi connectivity index (χ4v) is 31.1. The van der Waals surface area contributed by atoms with Gasteiger partial charge in [-0.2, -0.15) is 0 Å². The molecule has 0 aromatic heterocycles. The van der Waals surface area contributed by atoms with Crippen LogP contribution in [0.4, 0.5) is 0 Å². The maximum Gasteiger partial charge on any atom is 0.515 e. The zero-order chi connectivity index (χ0) is 25.7. The van der Waals surface area contributed by atoms with Crippen molar-refractivity contribution in [2.24, 2.45) is 0 Å². The van der Waals surface area contributed by atoms with Gasteiger partial charge in [0.05, 0.1) is 9.75 Å². The number of hydrogen-bond acceptors (Lipinski definition) is 14. The zero-order valence-corrected chi connectivity index (χ0v) is 30.1. The van der Waals surface area contributed by atoms with E-state index in [9.17, 15) is 0 Å². The van der Waals surface area contributed by atoms with Crippen molar-refractivity contribution in [1.82, 2.24) is 0 Å². The minimum atomic E-state index is -2.69. The largest absolute Gasteiger partial charge is 0.515 e. The summed E-state index contributed by atoms with van der Waals surface area (Å²) < 4.78 is 36.1. The molecule has 0 saturated heterocycles. The fourth-order valence-electron chi connectivity index (χ4n) is 2.77. The van der Waals surface area contributed by atoms with Crippen LogP contribution >= 0.6 is 80.5 Å². The third kappa shape index (κ3) is 13.9. The van der Waals surface area contributed by atoms with Crippen LogP contribution in [0.2, 0.25) is 0 Å². The molecule has 0 radical (unpaired) electrons. The Balaban J connectivity index is 4.46. The molecule has 206 valence electrons. The van der Waals surface area contributed by atoms with Gasteiger partial charge in [-0.15, -0.1) is 0 Å². The van der Waals surface area contributed by atoms with E-state index in [1.165, 1.54) is 0 Å². The summed E-state index contributed by atoms with van der Waals surface area (Å²) in [7, 11) is 12.3. The SMILES string of the molecule is CCCO[Si](OC)(OCC)C(CC)SSSSSSSSC(CC)[Si](OC)(OCC)OCCC. The smallest absolute Gasteiger partial charge is 0.376 e. The lowest BCUT2D eigenvalue weighted by atomic mass is 10.5. The van der Waals surface area contributed by atoms with E-state index in [2.05, 4.69) is 27.7 Å². The highest BCUT2D eigenvalue weighted by molar-refractivity contribution is 9.48. The van der Waals surface area contributed by atoms with E-state index in [1.807, 2.05) is 13.8 Å². The minimum Gasteiger partial charge on any atom is -0.376 e. The molecule has 0 amide bonds. The van der Waals surface area contributed by atoms with Gasteiger partial charge in [0, 0.05) is 40.6 Å². The Morgan fingerprint density at radius 1 is 0.529 bits per heavy atom. The average molecular weight is 667 g/mol. The highest BCUT2D eigenvalue weighted by Crippen LogP contribution is 2.59. The molecule has 0 N–H and O–H groups in total. The normalized spacial score (nSPS) is 17.3. The van der Waals surface area contributed by atoms with Crippen LogP contribution in [0.5, 0.6) is 0 Å². The maximum absolute atomic E-state index is 6.14. The first kappa shape index (κ1) is 37.0. The van der Waals surface area contributed by atoms with Crippen LogP contribution in [0, 0.1) is 0 Å². The summed E-state index contributed by atoms with van der Waals surface area (Å²) >= 11 is 0. The first-order valence-corrected chi connectivity index (χ1v) is 25.4. The number of rotatable bonds is 25. The van der Waals surface area contributed by atoms with Gasteiger partial charge < -0.3 is 26.6 Å². The van der Waals surface area contributed by atoms with Crippen molar-refractivity contribution in [2.45, 2.75) is 77.0 Å². The van der Waals surface area contributed by atoms with E-state index in [1.54, 1.807) is 94.8 Å². The Morgan fingerprint density at radius 3 is 1.15 bits per heavy atom. The van der Waals surface area contributed by atoms with Gasteiger partial charge in [-0.1, -0.05) is 49.3 Å². The Hall–Kier alpha value is 2.99. The van der Waals surface area contributed by atoms with Crippen molar-refractivity contribution in [3.63, 3.8) is 0 Å². The van der Waals surface area contributed by atoms with E-state index in [4.69, 9.17) is 26.6 Å². The van der Waals surface area contributed by atoms with E-state index < -0.39 is 17.6 Å². The lowest BCUT2D eigenvalue weighted by molar-refractivity contribution is 0.0792. The zero-order valence-electron chi connectivity index (χ0n) is 21.5. The van der Waals surface area contributed by atoms with Gasteiger partial charge in [0.1, 0.15) is 0 Å². The molecule has 0 aromatic rings. The van der Waals surface area contributed by atoms with Crippen LogP contribution in [-0.4, -0.2) is 68.0 Å². The summed E-state index contributed by atoms with van der Waals surface area (Å²) in [4.78, 5) is 0.424. The summed E-state index contributed by atoms with van der Waals surface area (Å²) in [6.07, 6.45) is 3.81. The molecule has 0 aliphatic carbocycles. The third-order valence-electron chi connectivity index (χ3n) is 4.25. The van der Waals surface area contributed by atoms with Crippen LogP contribution in [-0.2, 0) is 26.6 Å². The van der Waals surface area contributed by atoms with Crippen LogP contribution in [0.3, 0.4) is 0 Å². The van der Waals surface area contributed by atoms with Crippen molar-refractivity contribution in [3.05, 3.63) is 0 Å². The second-order valence-electron chi connectivity index (χ2n) is 6.57. The second kappa shape index (κ2) is 23.8. The molecule has 4 atom stereocenters. The molecule has 0 saturated carbocycles. The molecule has 34 heavy (non-hydrogen) atoms. The molecule has 0 rings (SSSR count).